The molecule has 0 aliphatic carbocycles. The molecule has 1 amide bonds. The number of nitrogens with zero attached hydrogens (tertiary/aromatic N) is 1. The van der Waals surface area contributed by atoms with Gasteiger partial charge in [-0.2, -0.15) is 0 Å². The van der Waals surface area contributed by atoms with Crippen LogP contribution in [0.3, 0.4) is 0 Å². The van der Waals surface area contributed by atoms with Gasteiger partial charge in [-0.1, -0.05) is 15.9 Å². The van der Waals surface area contributed by atoms with Crippen LogP contribution in [0.4, 0.5) is 0 Å². The topological polar surface area (TPSA) is 38.8 Å². The molecule has 0 N–H and O–H groups in total. The number of carbonyl (C=O) groups excluding carboxylic acids is 1. The minimum absolute atomic E-state index is 0.0757. The van der Waals surface area contributed by atoms with E-state index < -0.39 is 0 Å². The molecule has 0 saturated heterocycles. The second-order valence-corrected chi connectivity index (χ2v) is 7.20. The van der Waals surface area contributed by atoms with Crippen molar-refractivity contribution in [1.29, 1.82) is 0 Å². The summed E-state index contributed by atoms with van der Waals surface area (Å²) in [5, 5.41) is 0. The minimum atomic E-state index is 0.0757. The molecule has 0 saturated carbocycles. The van der Waals surface area contributed by atoms with Crippen LogP contribution in [0.15, 0.2) is 40.9 Å². The Bertz CT molecular complexity index is 773. The van der Waals surface area contributed by atoms with Gasteiger partial charge in [-0.15, -0.1) is 0 Å². The molecule has 5 heteroatoms. The summed E-state index contributed by atoms with van der Waals surface area (Å²) in [6.45, 7) is 2.79. The first-order valence-electron chi connectivity index (χ1n) is 8.33. The SMILES string of the molecule is COc1cc2c(cc1OC)C[C@@H](C)N(C(=O)c1ccc(Br)cc1)CC2. The lowest BCUT2D eigenvalue weighted by atomic mass is 10.00. The predicted octanol–water partition coefficient (Wildman–Crippen LogP) is 4.10. The maximum absolute atomic E-state index is 12.9. The minimum Gasteiger partial charge on any atom is -0.493 e. The van der Waals surface area contributed by atoms with Crippen LogP contribution in [-0.2, 0) is 12.8 Å². The number of amides is 1. The highest BCUT2D eigenvalue weighted by Gasteiger charge is 2.26. The van der Waals surface area contributed by atoms with Crippen molar-refractivity contribution in [2.24, 2.45) is 0 Å². The van der Waals surface area contributed by atoms with Gasteiger partial charge in [0.1, 0.15) is 0 Å². The van der Waals surface area contributed by atoms with Crippen molar-refractivity contribution in [2.75, 3.05) is 20.8 Å². The van der Waals surface area contributed by atoms with Crippen molar-refractivity contribution < 1.29 is 14.3 Å². The van der Waals surface area contributed by atoms with E-state index in [1.54, 1.807) is 14.2 Å². The molecule has 1 atom stereocenters. The number of benzene rings is 2. The number of methoxy groups -OCH3 is 2. The third kappa shape index (κ3) is 3.66. The molecule has 4 nitrogen and oxygen atoms in total. The third-order valence-electron chi connectivity index (χ3n) is 4.73. The number of hydrogen-bond acceptors (Lipinski definition) is 3. The van der Waals surface area contributed by atoms with E-state index in [9.17, 15) is 4.79 Å². The molecular weight excluding hydrogens is 382 g/mol. The van der Waals surface area contributed by atoms with Gasteiger partial charge < -0.3 is 14.4 Å². The van der Waals surface area contributed by atoms with E-state index in [0.29, 0.717) is 6.54 Å². The Morgan fingerprint density at radius 2 is 1.68 bits per heavy atom. The molecule has 0 spiro atoms. The van der Waals surface area contributed by atoms with Gasteiger partial charge >= 0.3 is 0 Å². The average Bonchev–Trinajstić information content (AvgIpc) is 2.78. The van der Waals surface area contributed by atoms with Crippen molar-refractivity contribution in [3.63, 3.8) is 0 Å². The van der Waals surface area contributed by atoms with E-state index in [1.807, 2.05) is 41.3 Å². The Labute approximate surface area is 156 Å². The van der Waals surface area contributed by atoms with Crippen molar-refractivity contribution in [1.82, 2.24) is 4.90 Å². The van der Waals surface area contributed by atoms with Crippen LogP contribution in [0.25, 0.3) is 0 Å². The molecule has 25 heavy (non-hydrogen) atoms. The van der Waals surface area contributed by atoms with E-state index in [4.69, 9.17) is 9.47 Å². The molecule has 1 aliphatic heterocycles. The van der Waals surface area contributed by atoms with Crippen molar-refractivity contribution >= 4 is 21.8 Å². The molecule has 2 aromatic rings. The van der Waals surface area contributed by atoms with Crippen molar-refractivity contribution in [2.45, 2.75) is 25.8 Å². The summed E-state index contributed by atoms with van der Waals surface area (Å²) in [6, 6.07) is 11.7. The van der Waals surface area contributed by atoms with Gasteiger partial charge in [0.05, 0.1) is 14.2 Å². The highest BCUT2D eigenvalue weighted by Crippen LogP contribution is 2.33. The number of carbonyl (C=O) groups is 1. The van der Waals surface area contributed by atoms with Gasteiger partial charge in [0.25, 0.3) is 5.91 Å². The Morgan fingerprint density at radius 1 is 1.08 bits per heavy atom. The highest BCUT2D eigenvalue weighted by molar-refractivity contribution is 9.10. The molecule has 0 bridgehead atoms. The molecule has 3 rings (SSSR count). The zero-order valence-corrected chi connectivity index (χ0v) is 16.3. The Hall–Kier alpha value is -2.01. The van der Waals surface area contributed by atoms with Gasteiger partial charge in [0, 0.05) is 22.6 Å². The van der Waals surface area contributed by atoms with E-state index in [1.165, 1.54) is 11.1 Å². The average molecular weight is 404 g/mol. The quantitative estimate of drug-likeness (QED) is 0.774. The lowest BCUT2D eigenvalue weighted by Gasteiger charge is -2.27. The maximum atomic E-state index is 12.9. The maximum Gasteiger partial charge on any atom is 0.254 e. The second kappa shape index (κ2) is 7.48. The molecule has 0 unspecified atom stereocenters. The number of fused-ring (bicyclic) bond motifs is 1. The first kappa shape index (κ1) is 17.8. The van der Waals surface area contributed by atoms with Crippen LogP contribution >= 0.6 is 15.9 Å². The number of rotatable bonds is 3. The zero-order chi connectivity index (χ0) is 18.0. The summed E-state index contributed by atoms with van der Waals surface area (Å²) in [6.07, 6.45) is 1.61. The summed E-state index contributed by atoms with van der Waals surface area (Å²) in [5.74, 6) is 1.55. The van der Waals surface area contributed by atoms with E-state index in [-0.39, 0.29) is 11.9 Å². The molecule has 0 aromatic heterocycles. The summed E-state index contributed by atoms with van der Waals surface area (Å²) >= 11 is 3.41. The van der Waals surface area contributed by atoms with E-state index in [0.717, 1.165) is 34.4 Å². The molecule has 0 radical (unpaired) electrons. The predicted molar refractivity (Wildman–Crippen MR) is 102 cm³/mol. The van der Waals surface area contributed by atoms with Crippen LogP contribution in [-0.4, -0.2) is 37.6 Å². The Kier molecular flexibility index (Phi) is 5.33. The Morgan fingerprint density at radius 3 is 2.28 bits per heavy atom. The number of ether oxygens (including phenoxy) is 2. The van der Waals surface area contributed by atoms with Gasteiger partial charge in [0.2, 0.25) is 0 Å². The highest BCUT2D eigenvalue weighted by atomic mass is 79.9. The van der Waals surface area contributed by atoms with Crippen LogP contribution in [0.1, 0.15) is 28.4 Å². The molecule has 0 fully saturated rings. The van der Waals surface area contributed by atoms with E-state index in [2.05, 4.69) is 22.9 Å². The number of hydrogen-bond donors (Lipinski definition) is 0. The van der Waals surface area contributed by atoms with Crippen molar-refractivity contribution in [3.05, 3.63) is 57.6 Å². The van der Waals surface area contributed by atoms with Crippen LogP contribution in [0.2, 0.25) is 0 Å². The lowest BCUT2D eigenvalue weighted by molar-refractivity contribution is 0.0700. The third-order valence-corrected chi connectivity index (χ3v) is 5.26. The van der Waals surface area contributed by atoms with Gasteiger partial charge in [0.15, 0.2) is 11.5 Å². The number of halogens is 1. The summed E-state index contributed by atoms with van der Waals surface area (Å²) in [5.41, 5.74) is 3.16. The second-order valence-electron chi connectivity index (χ2n) is 6.28. The molecule has 1 aliphatic rings. The summed E-state index contributed by atoms with van der Waals surface area (Å²) < 4.78 is 11.8. The standard InChI is InChI=1S/C20H22BrNO3/c1-13-10-16-12-19(25-3)18(24-2)11-15(16)8-9-22(13)20(23)14-4-6-17(21)7-5-14/h4-7,11-13H,8-10H2,1-3H3/t13-/m1/s1. The van der Waals surface area contributed by atoms with E-state index >= 15 is 0 Å². The van der Waals surface area contributed by atoms with Gasteiger partial charge in [-0.25, -0.2) is 0 Å². The van der Waals surface area contributed by atoms with Gasteiger partial charge in [-0.3, -0.25) is 4.79 Å². The smallest absolute Gasteiger partial charge is 0.254 e. The van der Waals surface area contributed by atoms with Crippen molar-refractivity contribution in [3.8, 4) is 11.5 Å². The molecule has 2 aromatic carbocycles. The first-order valence-corrected chi connectivity index (χ1v) is 9.13. The van der Waals surface area contributed by atoms with Crippen LogP contribution in [0.5, 0.6) is 11.5 Å². The fourth-order valence-corrected chi connectivity index (χ4v) is 3.60. The normalized spacial score (nSPS) is 16.8. The first-order chi connectivity index (χ1) is 12.0. The van der Waals surface area contributed by atoms with Crippen LogP contribution < -0.4 is 9.47 Å². The summed E-state index contributed by atoms with van der Waals surface area (Å²) in [4.78, 5) is 14.9. The summed E-state index contributed by atoms with van der Waals surface area (Å²) in [7, 11) is 3.29. The molecular formula is C20H22BrNO3. The fraction of sp³-hybridized carbons (Fsp3) is 0.350. The molecule has 1 heterocycles. The fourth-order valence-electron chi connectivity index (χ4n) is 3.34. The zero-order valence-electron chi connectivity index (χ0n) is 14.7. The molecule has 132 valence electrons. The lowest BCUT2D eigenvalue weighted by Crippen LogP contribution is -2.39. The van der Waals surface area contributed by atoms with Crippen LogP contribution in [0, 0.1) is 0 Å². The largest absolute Gasteiger partial charge is 0.493 e. The Balaban J connectivity index is 1.87. The monoisotopic (exact) mass is 403 g/mol. The van der Waals surface area contributed by atoms with Gasteiger partial charge in [-0.05, 0) is 67.3 Å².